The van der Waals surface area contributed by atoms with Gasteiger partial charge in [-0.1, -0.05) is 39.5 Å². The van der Waals surface area contributed by atoms with Crippen molar-refractivity contribution in [2.45, 2.75) is 181 Å². The molecule has 2 aliphatic rings. The van der Waals surface area contributed by atoms with Crippen molar-refractivity contribution in [3.05, 3.63) is 10.6 Å². The van der Waals surface area contributed by atoms with Crippen LogP contribution in [0.2, 0.25) is 10.6 Å². The highest BCUT2D eigenvalue weighted by molar-refractivity contribution is 6.28. The maximum atomic E-state index is 6.39. The minimum atomic E-state index is -0.105. The number of aromatic nitrogens is 6. The molecule has 14 nitrogen and oxygen atoms in total. The Morgan fingerprint density at radius 3 is 1.18 bits per heavy atom. The van der Waals surface area contributed by atoms with Crippen LogP contribution in [0.4, 0.5) is 23.8 Å². The number of nitrogens with one attached hydrogen (secondary N) is 4. The van der Waals surface area contributed by atoms with Crippen molar-refractivity contribution in [2.24, 2.45) is 11.8 Å². The summed E-state index contributed by atoms with van der Waals surface area (Å²) in [5.74, 6) is 2.85. The van der Waals surface area contributed by atoms with E-state index in [0.29, 0.717) is 35.6 Å². The molecule has 0 spiro atoms. The number of anilines is 4. The van der Waals surface area contributed by atoms with Gasteiger partial charge in [-0.05, 0) is 142 Å². The van der Waals surface area contributed by atoms with Gasteiger partial charge in [0, 0.05) is 47.3 Å². The summed E-state index contributed by atoms with van der Waals surface area (Å²) in [6, 6.07) is 0.411. The second kappa shape index (κ2) is 20.1. The van der Waals surface area contributed by atoms with Crippen molar-refractivity contribution < 1.29 is 9.68 Å². The molecule has 318 valence electrons. The molecule has 4 rings (SSSR count). The fraction of sp³-hybridized carbons (Fsp3) is 0.850. The van der Waals surface area contributed by atoms with Gasteiger partial charge in [0.1, 0.15) is 0 Å². The molecule has 2 aromatic heterocycles. The van der Waals surface area contributed by atoms with Gasteiger partial charge in [-0.2, -0.15) is 40.0 Å². The lowest BCUT2D eigenvalue weighted by atomic mass is 9.71. The van der Waals surface area contributed by atoms with Crippen molar-refractivity contribution in [3.63, 3.8) is 0 Å². The van der Waals surface area contributed by atoms with Gasteiger partial charge < -0.3 is 30.9 Å². The summed E-state index contributed by atoms with van der Waals surface area (Å²) in [4.78, 5) is 38.7. The predicted molar refractivity (Wildman–Crippen MR) is 229 cm³/mol. The Balaban J connectivity index is 1.23. The van der Waals surface area contributed by atoms with Crippen LogP contribution in [0.5, 0.6) is 0 Å². The Morgan fingerprint density at radius 1 is 0.554 bits per heavy atom. The monoisotopic (exact) mass is 823 g/mol. The van der Waals surface area contributed by atoms with Crippen molar-refractivity contribution in [2.75, 3.05) is 48.6 Å². The number of hydroxylamine groups is 4. The van der Waals surface area contributed by atoms with Crippen LogP contribution in [0.1, 0.15) is 146 Å². The first-order chi connectivity index (χ1) is 26.3. The molecule has 56 heavy (non-hydrogen) atoms. The van der Waals surface area contributed by atoms with E-state index in [1.54, 1.807) is 14.2 Å². The number of halogens is 2. The van der Waals surface area contributed by atoms with Crippen LogP contribution in [-0.2, 0) is 9.68 Å². The Morgan fingerprint density at radius 2 is 0.875 bits per heavy atom. The van der Waals surface area contributed by atoms with Gasteiger partial charge in [0.2, 0.25) is 34.4 Å². The summed E-state index contributed by atoms with van der Waals surface area (Å²) < 4.78 is 0. The first-order valence-corrected chi connectivity index (χ1v) is 21.6. The second-order valence-corrected chi connectivity index (χ2v) is 19.1. The third kappa shape index (κ3) is 12.6. The third-order valence-corrected chi connectivity index (χ3v) is 11.8. The SMILES string of the molecule is CCCC(Nc1nc(Cl)nc(NCCCCCCNc2nc(Cl)nc(NC(CCC)C3CC(C)(C)N(OC)C(C)(C)C3)n2)n1)C1CC(C)(C)N(OC)C(C)(C)C1. The highest BCUT2D eigenvalue weighted by atomic mass is 35.5. The molecule has 4 N–H and O–H groups in total. The van der Waals surface area contributed by atoms with E-state index in [2.05, 4.69) is 121 Å². The quantitative estimate of drug-likeness (QED) is 0.0886. The summed E-state index contributed by atoms with van der Waals surface area (Å²) in [6.45, 7) is 23.9. The van der Waals surface area contributed by atoms with Crippen LogP contribution < -0.4 is 21.3 Å². The highest BCUT2D eigenvalue weighted by Crippen LogP contribution is 2.45. The van der Waals surface area contributed by atoms with Crippen LogP contribution in [0.15, 0.2) is 0 Å². The first kappa shape index (κ1) is 46.3. The molecule has 0 amide bonds. The molecular formula is C40H72Cl2N12O2. The van der Waals surface area contributed by atoms with Crippen molar-refractivity contribution in [1.29, 1.82) is 0 Å². The standard InChI is InChI=1S/C40H72Cl2N12O2/c1-13-19-29(27-23-37(3,4)53(55-11)38(5,6)24-27)45-35-49-31(41)47-33(51-35)43-21-17-15-16-18-22-44-34-48-32(42)50-36(52-34)46-30(20-14-2)28-25-39(7,8)54(56-12)40(9,10)26-28/h27-30H,13-26H2,1-12H3,(H2,43,45,47,49,51)(H2,44,46,48,50,52). The zero-order valence-corrected chi connectivity index (χ0v) is 37.9. The van der Waals surface area contributed by atoms with Gasteiger partial charge >= 0.3 is 0 Å². The Hall–Kier alpha value is -2.36. The third-order valence-electron chi connectivity index (χ3n) is 11.5. The summed E-state index contributed by atoms with van der Waals surface area (Å²) in [5.41, 5.74) is -0.418. The van der Waals surface area contributed by atoms with E-state index >= 15 is 0 Å². The average molecular weight is 824 g/mol. The smallest absolute Gasteiger partial charge is 0.229 e. The molecule has 16 heteroatoms. The van der Waals surface area contributed by atoms with Gasteiger partial charge in [0.15, 0.2) is 0 Å². The largest absolute Gasteiger partial charge is 0.354 e. The van der Waals surface area contributed by atoms with Crippen LogP contribution >= 0.6 is 23.2 Å². The van der Waals surface area contributed by atoms with Gasteiger partial charge in [-0.15, -0.1) is 0 Å². The van der Waals surface area contributed by atoms with Crippen molar-refractivity contribution in [1.82, 2.24) is 40.0 Å². The summed E-state index contributed by atoms with van der Waals surface area (Å²) in [7, 11) is 3.54. The van der Waals surface area contributed by atoms with E-state index < -0.39 is 0 Å². The van der Waals surface area contributed by atoms with Gasteiger partial charge in [-0.25, -0.2) is 0 Å². The molecule has 2 atom stereocenters. The highest BCUT2D eigenvalue weighted by Gasteiger charge is 2.49. The first-order valence-electron chi connectivity index (χ1n) is 20.9. The van der Waals surface area contributed by atoms with E-state index in [0.717, 1.165) is 90.1 Å². The summed E-state index contributed by atoms with van der Waals surface area (Å²) in [5, 5.41) is 18.7. The molecule has 2 unspecified atom stereocenters. The van der Waals surface area contributed by atoms with Gasteiger partial charge in [-0.3, -0.25) is 0 Å². The molecule has 0 saturated carbocycles. The Kier molecular flexibility index (Phi) is 16.6. The minimum absolute atomic E-state index is 0.105. The molecule has 2 aromatic rings. The second-order valence-electron chi connectivity index (χ2n) is 18.4. The van der Waals surface area contributed by atoms with Crippen LogP contribution in [-0.4, -0.2) is 102 Å². The van der Waals surface area contributed by atoms with E-state index in [9.17, 15) is 0 Å². The van der Waals surface area contributed by atoms with Gasteiger partial charge in [0.25, 0.3) is 0 Å². The fourth-order valence-electron chi connectivity index (χ4n) is 10.0. The Bertz CT molecular complexity index is 1380. The van der Waals surface area contributed by atoms with E-state index in [1.807, 2.05) is 0 Å². The van der Waals surface area contributed by atoms with Crippen molar-refractivity contribution >= 4 is 47.0 Å². The molecule has 0 bridgehead atoms. The van der Waals surface area contributed by atoms with Crippen molar-refractivity contribution in [3.8, 4) is 0 Å². The normalized spacial score (nSPS) is 21.0. The zero-order chi connectivity index (χ0) is 41.3. The predicted octanol–water partition coefficient (Wildman–Crippen LogP) is 9.27. The molecule has 2 fully saturated rings. The van der Waals surface area contributed by atoms with Crippen LogP contribution in [0, 0.1) is 11.8 Å². The lowest BCUT2D eigenvalue weighted by molar-refractivity contribution is -0.272. The summed E-state index contributed by atoms with van der Waals surface area (Å²) in [6.07, 6.45) is 12.1. The fourth-order valence-corrected chi connectivity index (χ4v) is 10.4. The van der Waals surface area contributed by atoms with E-state index in [4.69, 9.17) is 42.8 Å². The topological polar surface area (TPSA) is 150 Å². The van der Waals surface area contributed by atoms with Crippen LogP contribution in [0.3, 0.4) is 0 Å². The Labute approximate surface area is 347 Å². The molecule has 4 heterocycles. The number of hydrogen-bond acceptors (Lipinski definition) is 14. The zero-order valence-electron chi connectivity index (χ0n) is 36.4. The van der Waals surface area contributed by atoms with E-state index in [-0.39, 0.29) is 44.8 Å². The molecule has 2 aliphatic heterocycles. The molecular weight excluding hydrogens is 751 g/mol. The maximum absolute atomic E-state index is 6.39. The molecule has 2 saturated heterocycles. The van der Waals surface area contributed by atoms with Crippen LogP contribution in [0.25, 0.3) is 0 Å². The molecule has 0 radical (unpaired) electrons. The molecule has 0 aliphatic carbocycles. The number of rotatable bonds is 21. The maximum Gasteiger partial charge on any atom is 0.229 e. The minimum Gasteiger partial charge on any atom is -0.354 e. The number of unbranched alkanes of at least 4 members (excludes halogenated alkanes) is 3. The average Bonchev–Trinajstić information content (AvgIpc) is 3.07. The van der Waals surface area contributed by atoms with Gasteiger partial charge in [0.05, 0.1) is 14.2 Å². The number of piperidine rings is 2. The van der Waals surface area contributed by atoms with E-state index in [1.165, 1.54) is 0 Å². The lowest BCUT2D eigenvalue weighted by Crippen LogP contribution is -2.61. The number of nitrogens with zero attached hydrogens (tertiary/aromatic N) is 8. The number of hydrogen-bond donors (Lipinski definition) is 4. The lowest BCUT2D eigenvalue weighted by Gasteiger charge is -2.54. The molecule has 0 aromatic carbocycles. The summed E-state index contributed by atoms with van der Waals surface area (Å²) >= 11 is 12.8.